The van der Waals surface area contributed by atoms with Crippen LogP contribution in [0.15, 0.2) is 0 Å². The summed E-state index contributed by atoms with van der Waals surface area (Å²) < 4.78 is 0. The molecule has 76 valence electrons. The van der Waals surface area contributed by atoms with Crippen LogP contribution in [-0.2, 0) is 0 Å². The quantitative estimate of drug-likeness (QED) is 0.420. The lowest BCUT2D eigenvalue weighted by molar-refractivity contribution is 0.518. The molecule has 1 unspecified atom stereocenters. The van der Waals surface area contributed by atoms with Crippen LogP contribution in [0.4, 0.5) is 0 Å². The van der Waals surface area contributed by atoms with Crippen molar-refractivity contribution in [1.82, 2.24) is 0 Å². The highest BCUT2D eigenvalue weighted by Crippen LogP contribution is 2.10. The Kier molecular flexibility index (Phi) is 9.32. The van der Waals surface area contributed by atoms with E-state index in [-0.39, 0.29) is 0 Å². The van der Waals surface area contributed by atoms with Gasteiger partial charge in [-0.15, -0.1) is 11.8 Å². The highest BCUT2D eigenvalue weighted by atomic mass is 14.0. The molecule has 0 aliphatic heterocycles. The third-order valence-corrected chi connectivity index (χ3v) is 2.28. The Hall–Kier alpha value is -0.440. The molecule has 0 nitrogen and oxygen atoms in total. The Labute approximate surface area is 84.1 Å². The van der Waals surface area contributed by atoms with Gasteiger partial charge in [-0.2, -0.15) is 0 Å². The monoisotopic (exact) mass is 180 g/mol. The summed E-state index contributed by atoms with van der Waals surface area (Å²) >= 11 is 0. The zero-order valence-electron chi connectivity index (χ0n) is 9.53. The van der Waals surface area contributed by atoms with Gasteiger partial charge < -0.3 is 0 Å². The molecule has 0 fully saturated rings. The van der Waals surface area contributed by atoms with Crippen LogP contribution >= 0.6 is 0 Å². The summed E-state index contributed by atoms with van der Waals surface area (Å²) in [6, 6.07) is 0. The third-order valence-electron chi connectivity index (χ3n) is 2.28. The fourth-order valence-electron chi connectivity index (χ4n) is 1.25. The van der Waals surface area contributed by atoms with Crippen molar-refractivity contribution in [1.29, 1.82) is 0 Å². The molecule has 0 aliphatic carbocycles. The Bertz CT molecular complexity index is 147. The van der Waals surface area contributed by atoms with Crippen molar-refractivity contribution in [3.05, 3.63) is 0 Å². The third kappa shape index (κ3) is 9.47. The van der Waals surface area contributed by atoms with Gasteiger partial charge in [-0.1, -0.05) is 40.0 Å². The summed E-state index contributed by atoms with van der Waals surface area (Å²) in [6.07, 6.45) is 8.74. The van der Waals surface area contributed by atoms with E-state index in [0.717, 1.165) is 18.8 Å². The van der Waals surface area contributed by atoms with Gasteiger partial charge in [0.2, 0.25) is 0 Å². The lowest BCUT2D eigenvalue weighted by Crippen LogP contribution is -1.91. The Morgan fingerprint density at radius 1 is 1.00 bits per heavy atom. The minimum Gasteiger partial charge on any atom is -0.103 e. The molecule has 0 aromatic rings. The van der Waals surface area contributed by atoms with Crippen LogP contribution in [0.1, 0.15) is 65.7 Å². The van der Waals surface area contributed by atoms with Crippen LogP contribution in [0.3, 0.4) is 0 Å². The first-order valence-corrected chi connectivity index (χ1v) is 5.77. The SMILES string of the molecule is CCCCC#CCC(C)CCCC. The fraction of sp³-hybridized carbons (Fsp3) is 0.846. The molecule has 1 atom stereocenters. The maximum absolute atomic E-state index is 3.28. The second kappa shape index (κ2) is 9.65. The van der Waals surface area contributed by atoms with Crippen molar-refractivity contribution in [3.63, 3.8) is 0 Å². The van der Waals surface area contributed by atoms with Gasteiger partial charge in [-0.05, 0) is 18.8 Å². The van der Waals surface area contributed by atoms with Gasteiger partial charge in [0.05, 0.1) is 0 Å². The van der Waals surface area contributed by atoms with E-state index in [1.54, 1.807) is 0 Å². The van der Waals surface area contributed by atoms with Crippen molar-refractivity contribution < 1.29 is 0 Å². The highest BCUT2D eigenvalue weighted by Gasteiger charge is 1.97. The number of unbranched alkanes of at least 4 members (excludes halogenated alkanes) is 3. The molecule has 0 aliphatic rings. The average molecular weight is 180 g/mol. The van der Waals surface area contributed by atoms with Crippen molar-refractivity contribution in [2.45, 2.75) is 65.7 Å². The van der Waals surface area contributed by atoms with E-state index >= 15 is 0 Å². The lowest BCUT2D eigenvalue weighted by atomic mass is 10.0. The smallest absolute Gasteiger partial charge is 0.0114 e. The molecule has 0 spiro atoms. The lowest BCUT2D eigenvalue weighted by Gasteiger charge is -2.04. The number of hydrogen-bond donors (Lipinski definition) is 0. The topological polar surface area (TPSA) is 0 Å². The van der Waals surface area contributed by atoms with E-state index < -0.39 is 0 Å². The molecule has 0 heteroatoms. The molecular weight excluding hydrogens is 156 g/mol. The molecule has 0 radical (unpaired) electrons. The predicted octanol–water partition coefficient (Wildman–Crippen LogP) is 4.40. The van der Waals surface area contributed by atoms with Gasteiger partial charge in [0.1, 0.15) is 0 Å². The van der Waals surface area contributed by atoms with E-state index in [1.807, 2.05) is 0 Å². The van der Waals surface area contributed by atoms with E-state index in [0.29, 0.717) is 0 Å². The Morgan fingerprint density at radius 2 is 1.69 bits per heavy atom. The molecular formula is C13H24. The first-order valence-electron chi connectivity index (χ1n) is 5.77. The Morgan fingerprint density at radius 3 is 2.31 bits per heavy atom. The van der Waals surface area contributed by atoms with Crippen LogP contribution in [0, 0.1) is 17.8 Å². The molecule has 0 rings (SSSR count). The standard InChI is InChI=1S/C13H24/c1-4-6-8-9-10-12-13(3)11-7-5-2/h13H,4-8,11-12H2,1-3H3. The first kappa shape index (κ1) is 12.6. The maximum Gasteiger partial charge on any atom is 0.0114 e. The van der Waals surface area contributed by atoms with E-state index in [2.05, 4.69) is 32.6 Å². The molecule has 13 heavy (non-hydrogen) atoms. The summed E-state index contributed by atoms with van der Waals surface area (Å²) in [5, 5.41) is 0. The van der Waals surface area contributed by atoms with Crippen LogP contribution in [0.2, 0.25) is 0 Å². The van der Waals surface area contributed by atoms with Crippen LogP contribution in [-0.4, -0.2) is 0 Å². The largest absolute Gasteiger partial charge is 0.103 e. The molecule has 0 saturated heterocycles. The van der Waals surface area contributed by atoms with E-state index in [4.69, 9.17) is 0 Å². The van der Waals surface area contributed by atoms with E-state index in [1.165, 1.54) is 32.1 Å². The molecule has 0 aromatic heterocycles. The van der Waals surface area contributed by atoms with Gasteiger partial charge >= 0.3 is 0 Å². The molecule has 0 amide bonds. The first-order chi connectivity index (χ1) is 6.31. The van der Waals surface area contributed by atoms with Crippen molar-refractivity contribution in [2.75, 3.05) is 0 Å². The van der Waals surface area contributed by atoms with Gasteiger partial charge in [0.15, 0.2) is 0 Å². The zero-order chi connectivity index (χ0) is 9.94. The fourth-order valence-corrected chi connectivity index (χ4v) is 1.25. The molecule has 0 heterocycles. The molecule has 0 N–H and O–H groups in total. The van der Waals surface area contributed by atoms with Crippen molar-refractivity contribution in [2.24, 2.45) is 5.92 Å². The van der Waals surface area contributed by atoms with Crippen LogP contribution in [0.5, 0.6) is 0 Å². The second-order valence-electron chi connectivity index (χ2n) is 3.91. The summed E-state index contributed by atoms with van der Waals surface area (Å²) in [7, 11) is 0. The minimum absolute atomic E-state index is 0.800. The molecule has 0 saturated carbocycles. The van der Waals surface area contributed by atoms with Crippen molar-refractivity contribution >= 4 is 0 Å². The van der Waals surface area contributed by atoms with Crippen LogP contribution < -0.4 is 0 Å². The van der Waals surface area contributed by atoms with Crippen molar-refractivity contribution in [3.8, 4) is 11.8 Å². The number of rotatable bonds is 6. The highest BCUT2D eigenvalue weighted by molar-refractivity contribution is 4.99. The minimum atomic E-state index is 0.800. The van der Waals surface area contributed by atoms with Gasteiger partial charge in [-0.25, -0.2) is 0 Å². The van der Waals surface area contributed by atoms with Gasteiger partial charge in [0.25, 0.3) is 0 Å². The van der Waals surface area contributed by atoms with E-state index in [9.17, 15) is 0 Å². The molecule has 0 aromatic carbocycles. The zero-order valence-corrected chi connectivity index (χ0v) is 9.53. The van der Waals surface area contributed by atoms with Gasteiger partial charge in [-0.3, -0.25) is 0 Å². The molecule has 0 bridgehead atoms. The van der Waals surface area contributed by atoms with Gasteiger partial charge in [0, 0.05) is 12.8 Å². The summed E-state index contributed by atoms with van der Waals surface area (Å²) in [4.78, 5) is 0. The maximum atomic E-state index is 3.28. The summed E-state index contributed by atoms with van der Waals surface area (Å²) in [5.41, 5.74) is 0. The average Bonchev–Trinajstić information content (AvgIpc) is 2.14. The Balaban J connectivity index is 3.31. The van der Waals surface area contributed by atoms with Crippen LogP contribution in [0.25, 0.3) is 0 Å². The number of hydrogen-bond acceptors (Lipinski definition) is 0. The predicted molar refractivity (Wildman–Crippen MR) is 60.6 cm³/mol. The summed E-state index contributed by atoms with van der Waals surface area (Å²) in [5.74, 6) is 7.32. The second-order valence-corrected chi connectivity index (χ2v) is 3.91. The summed E-state index contributed by atoms with van der Waals surface area (Å²) in [6.45, 7) is 6.77. The normalized spacial score (nSPS) is 11.9.